The standard InChI is InChI=1S/C15H24O2/c1-5-9-10-14(16)13(8-4)11-15(17)12(6-2)7-3/h13H,2,5,7-11H2,1,3-4H3. The fraction of sp³-hybridized carbons (Fsp3) is 0.667. The zero-order valence-corrected chi connectivity index (χ0v) is 11.3. The van der Waals surface area contributed by atoms with Gasteiger partial charge in [0.1, 0.15) is 5.78 Å². The molecule has 0 aromatic heterocycles. The first kappa shape index (κ1) is 15.9. The number of carbonyl (C=O) groups excluding carboxylic acids is 2. The molecule has 0 aliphatic rings. The van der Waals surface area contributed by atoms with E-state index in [4.69, 9.17) is 0 Å². The summed E-state index contributed by atoms with van der Waals surface area (Å²) in [5.74, 6) is 0.130. The van der Waals surface area contributed by atoms with Crippen molar-refractivity contribution in [1.82, 2.24) is 0 Å². The molecule has 0 aromatic rings. The maximum atomic E-state index is 11.9. The van der Waals surface area contributed by atoms with Gasteiger partial charge in [0.05, 0.1) is 0 Å². The highest BCUT2D eigenvalue weighted by Gasteiger charge is 2.20. The monoisotopic (exact) mass is 236 g/mol. The van der Waals surface area contributed by atoms with Gasteiger partial charge in [-0.15, -0.1) is 5.73 Å². The van der Waals surface area contributed by atoms with Crippen molar-refractivity contribution in [2.45, 2.75) is 59.3 Å². The molecule has 0 N–H and O–H groups in total. The Morgan fingerprint density at radius 1 is 1.24 bits per heavy atom. The molecule has 0 saturated heterocycles. The second-order valence-corrected chi connectivity index (χ2v) is 4.31. The number of carbonyl (C=O) groups is 2. The van der Waals surface area contributed by atoms with E-state index in [1.54, 1.807) is 0 Å². The lowest BCUT2D eigenvalue weighted by Crippen LogP contribution is -2.18. The van der Waals surface area contributed by atoms with E-state index in [1.165, 1.54) is 0 Å². The number of hydrogen-bond acceptors (Lipinski definition) is 2. The van der Waals surface area contributed by atoms with Gasteiger partial charge in [-0.1, -0.05) is 33.8 Å². The van der Waals surface area contributed by atoms with Crippen LogP contribution in [0.5, 0.6) is 0 Å². The third kappa shape index (κ3) is 5.65. The number of ketones is 2. The van der Waals surface area contributed by atoms with Crippen molar-refractivity contribution in [3.05, 3.63) is 17.9 Å². The van der Waals surface area contributed by atoms with E-state index < -0.39 is 0 Å². The van der Waals surface area contributed by atoms with E-state index in [-0.39, 0.29) is 17.5 Å². The zero-order valence-electron chi connectivity index (χ0n) is 11.3. The molecule has 0 bridgehead atoms. The molecular formula is C15H24O2. The molecule has 0 fully saturated rings. The highest BCUT2D eigenvalue weighted by molar-refractivity contribution is 5.98. The van der Waals surface area contributed by atoms with Gasteiger partial charge >= 0.3 is 0 Å². The molecule has 1 atom stereocenters. The van der Waals surface area contributed by atoms with E-state index in [2.05, 4.69) is 19.2 Å². The summed E-state index contributed by atoms with van der Waals surface area (Å²) in [6.45, 7) is 9.45. The van der Waals surface area contributed by atoms with Crippen molar-refractivity contribution in [3.63, 3.8) is 0 Å². The average Bonchev–Trinajstić information content (AvgIpc) is 2.34. The van der Waals surface area contributed by atoms with E-state index in [9.17, 15) is 9.59 Å². The highest BCUT2D eigenvalue weighted by atomic mass is 16.1. The first-order valence-electron chi connectivity index (χ1n) is 6.55. The molecule has 0 saturated carbocycles. The number of allylic oxidation sites excluding steroid dienone is 1. The first-order chi connectivity index (χ1) is 8.10. The SMILES string of the molecule is C=C=C(CC)C(=O)CC(CC)C(=O)CCCC. The summed E-state index contributed by atoms with van der Waals surface area (Å²) in [5, 5.41) is 0. The molecule has 0 aliphatic carbocycles. The van der Waals surface area contributed by atoms with E-state index in [0.717, 1.165) is 19.3 Å². The topological polar surface area (TPSA) is 34.1 Å². The Balaban J connectivity index is 4.44. The predicted octanol–water partition coefficient (Wildman–Crippen LogP) is 3.85. The van der Waals surface area contributed by atoms with Crippen LogP contribution in [0.2, 0.25) is 0 Å². The van der Waals surface area contributed by atoms with Crippen molar-refractivity contribution >= 4 is 11.6 Å². The minimum atomic E-state index is -0.121. The molecule has 96 valence electrons. The van der Waals surface area contributed by atoms with Crippen molar-refractivity contribution < 1.29 is 9.59 Å². The zero-order chi connectivity index (χ0) is 13.3. The van der Waals surface area contributed by atoms with Crippen molar-refractivity contribution in [1.29, 1.82) is 0 Å². The Morgan fingerprint density at radius 2 is 1.88 bits per heavy atom. The molecule has 0 rings (SSSR count). The van der Waals surface area contributed by atoms with Gasteiger partial charge in [-0.25, -0.2) is 0 Å². The summed E-state index contributed by atoms with van der Waals surface area (Å²) in [7, 11) is 0. The average molecular weight is 236 g/mol. The second kappa shape index (κ2) is 8.95. The quantitative estimate of drug-likeness (QED) is 0.450. The van der Waals surface area contributed by atoms with Crippen LogP contribution in [0.15, 0.2) is 17.9 Å². The minimum Gasteiger partial charge on any atom is -0.299 e. The fourth-order valence-electron chi connectivity index (χ4n) is 1.81. The molecule has 0 spiro atoms. The van der Waals surface area contributed by atoms with Crippen LogP contribution in [0.1, 0.15) is 59.3 Å². The largest absolute Gasteiger partial charge is 0.299 e. The van der Waals surface area contributed by atoms with Crippen LogP contribution in [0.3, 0.4) is 0 Å². The van der Waals surface area contributed by atoms with Crippen LogP contribution < -0.4 is 0 Å². The summed E-state index contributed by atoms with van der Waals surface area (Å²) in [5.41, 5.74) is 3.29. The van der Waals surface area contributed by atoms with Gasteiger partial charge in [-0.3, -0.25) is 9.59 Å². The van der Waals surface area contributed by atoms with Crippen LogP contribution in [0.25, 0.3) is 0 Å². The molecule has 0 heterocycles. The van der Waals surface area contributed by atoms with Crippen molar-refractivity contribution in [3.8, 4) is 0 Å². The normalized spacial score (nSPS) is 11.7. The molecule has 17 heavy (non-hydrogen) atoms. The molecular weight excluding hydrogens is 212 g/mol. The Hall–Kier alpha value is -1.14. The predicted molar refractivity (Wildman–Crippen MR) is 70.9 cm³/mol. The van der Waals surface area contributed by atoms with Gasteiger partial charge in [0.2, 0.25) is 0 Å². The Bertz CT molecular complexity index is 309. The molecule has 0 amide bonds. The molecule has 0 aromatic carbocycles. The van der Waals surface area contributed by atoms with E-state index in [1.807, 2.05) is 13.8 Å². The van der Waals surface area contributed by atoms with Crippen molar-refractivity contribution in [2.24, 2.45) is 5.92 Å². The molecule has 2 heteroatoms. The second-order valence-electron chi connectivity index (χ2n) is 4.31. The van der Waals surface area contributed by atoms with Crippen LogP contribution in [0.4, 0.5) is 0 Å². The molecule has 1 unspecified atom stereocenters. The van der Waals surface area contributed by atoms with Gasteiger partial charge < -0.3 is 0 Å². The third-order valence-electron chi connectivity index (χ3n) is 3.06. The van der Waals surface area contributed by atoms with Gasteiger partial charge in [0.15, 0.2) is 5.78 Å². The third-order valence-corrected chi connectivity index (χ3v) is 3.06. The Labute approximate surface area is 105 Å². The van der Waals surface area contributed by atoms with Crippen LogP contribution >= 0.6 is 0 Å². The summed E-state index contributed by atoms with van der Waals surface area (Å²) >= 11 is 0. The van der Waals surface area contributed by atoms with Crippen LogP contribution in [-0.4, -0.2) is 11.6 Å². The first-order valence-corrected chi connectivity index (χ1v) is 6.55. The van der Waals surface area contributed by atoms with E-state index >= 15 is 0 Å². The fourth-order valence-corrected chi connectivity index (χ4v) is 1.81. The van der Waals surface area contributed by atoms with Crippen LogP contribution in [-0.2, 0) is 9.59 Å². The number of hydrogen-bond donors (Lipinski definition) is 0. The maximum absolute atomic E-state index is 11.9. The van der Waals surface area contributed by atoms with Crippen molar-refractivity contribution in [2.75, 3.05) is 0 Å². The maximum Gasteiger partial charge on any atom is 0.167 e. The lowest BCUT2D eigenvalue weighted by Gasteiger charge is -2.12. The van der Waals surface area contributed by atoms with Gasteiger partial charge in [0, 0.05) is 24.3 Å². The lowest BCUT2D eigenvalue weighted by molar-refractivity contribution is -0.127. The number of Topliss-reactive ketones (excluding diaryl/α,β-unsaturated/α-hetero) is 2. The molecule has 0 aliphatic heterocycles. The number of rotatable bonds is 9. The summed E-state index contributed by atoms with van der Waals surface area (Å²) < 4.78 is 0. The van der Waals surface area contributed by atoms with Gasteiger partial charge in [0.25, 0.3) is 0 Å². The highest BCUT2D eigenvalue weighted by Crippen LogP contribution is 2.17. The van der Waals surface area contributed by atoms with Gasteiger partial charge in [-0.05, 0) is 19.3 Å². The molecule has 0 radical (unpaired) electrons. The minimum absolute atomic E-state index is 0.0270. The summed E-state index contributed by atoms with van der Waals surface area (Å²) in [6, 6.07) is 0. The molecule has 2 nitrogen and oxygen atoms in total. The Kier molecular flexibility index (Phi) is 8.35. The van der Waals surface area contributed by atoms with Crippen LogP contribution in [0, 0.1) is 5.92 Å². The van der Waals surface area contributed by atoms with Gasteiger partial charge in [-0.2, -0.15) is 0 Å². The smallest absolute Gasteiger partial charge is 0.167 e. The Morgan fingerprint density at radius 3 is 2.29 bits per heavy atom. The lowest BCUT2D eigenvalue weighted by atomic mass is 9.90. The van der Waals surface area contributed by atoms with E-state index in [0.29, 0.717) is 24.8 Å². The summed E-state index contributed by atoms with van der Waals surface area (Å²) in [4.78, 5) is 23.7. The summed E-state index contributed by atoms with van der Waals surface area (Å²) in [6.07, 6.45) is 4.24. The number of unbranched alkanes of at least 4 members (excludes halogenated alkanes) is 1.